The molecule has 1 aliphatic heterocycles. The Morgan fingerprint density at radius 1 is 1.34 bits per heavy atom. The highest BCUT2D eigenvalue weighted by Crippen LogP contribution is 2.30. The van der Waals surface area contributed by atoms with Crippen molar-refractivity contribution in [2.45, 2.75) is 44.8 Å². The summed E-state index contributed by atoms with van der Waals surface area (Å²) in [6.45, 7) is 2.94. The van der Waals surface area contributed by atoms with Crippen LogP contribution < -0.4 is 10.2 Å². The number of hydrogen-bond donors (Lipinski definition) is 2. The number of halogens is 3. The van der Waals surface area contributed by atoms with Gasteiger partial charge in [0.05, 0.1) is 11.8 Å². The van der Waals surface area contributed by atoms with Crippen molar-refractivity contribution < 1.29 is 18.0 Å². The van der Waals surface area contributed by atoms with E-state index in [2.05, 4.69) is 30.5 Å². The van der Waals surface area contributed by atoms with Gasteiger partial charge in [-0.3, -0.25) is 4.79 Å². The van der Waals surface area contributed by atoms with Crippen molar-refractivity contribution in [3.05, 3.63) is 18.1 Å². The molecular formula is C18H20F3N7O. The van der Waals surface area contributed by atoms with Gasteiger partial charge in [-0.1, -0.05) is 0 Å². The van der Waals surface area contributed by atoms with Crippen LogP contribution in [0.25, 0.3) is 22.1 Å². The summed E-state index contributed by atoms with van der Waals surface area (Å²) < 4.78 is 37.0. The second-order valence-electron chi connectivity index (χ2n) is 7.20. The highest BCUT2D eigenvalue weighted by Gasteiger charge is 2.29. The lowest BCUT2D eigenvalue weighted by atomic mass is 10.0. The van der Waals surface area contributed by atoms with Gasteiger partial charge in [-0.15, -0.1) is 10.2 Å². The van der Waals surface area contributed by atoms with Crippen LogP contribution in [0.4, 0.5) is 19.0 Å². The van der Waals surface area contributed by atoms with E-state index in [4.69, 9.17) is 0 Å². The predicted molar refractivity (Wildman–Crippen MR) is 100 cm³/mol. The van der Waals surface area contributed by atoms with E-state index in [0.29, 0.717) is 42.4 Å². The molecule has 4 rings (SSSR count). The summed E-state index contributed by atoms with van der Waals surface area (Å²) in [5, 5.41) is 12.7. The van der Waals surface area contributed by atoms with Crippen molar-refractivity contribution in [2.75, 3.05) is 18.0 Å². The first kappa shape index (κ1) is 19.3. The van der Waals surface area contributed by atoms with Crippen molar-refractivity contribution in [1.82, 2.24) is 30.5 Å². The summed E-state index contributed by atoms with van der Waals surface area (Å²) in [4.78, 5) is 26.0. The van der Waals surface area contributed by atoms with E-state index < -0.39 is 24.9 Å². The summed E-state index contributed by atoms with van der Waals surface area (Å²) in [7, 11) is 0. The van der Waals surface area contributed by atoms with E-state index >= 15 is 0 Å². The molecule has 1 unspecified atom stereocenters. The summed E-state index contributed by atoms with van der Waals surface area (Å²) in [6, 6.07) is 1.64. The van der Waals surface area contributed by atoms with Gasteiger partial charge in [-0.05, 0) is 25.8 Å². The number of piperidine rings is 1. The van der Waals surface area contributed by atoms with Gasteiger partial charge in [0.25, 0.3) is 0 Å². The van der Waals surface area contributed by atoms with Crippen LogP contribution in [0.3, 0.4) is 0 Å². The number of hydrogen-bond acceptors (Lipinski definition) is 6. The lowest BCUT2D eigenvalue weighted by Crippen LogP contribution is -2.48. The molecule has 3 aromatic rings. The first-order valence-corrected chi connectivity index (χ1v) is 9.39. The van der Waals surface area contributed by atoms with Crippen LogP contribution in [-0.4, -0.2) is 56.4 Å². The third-order valence-corrected chi connectivity index (χ3v) is 4.94. The van der Waals surface area contributed by atoms with Crippen LogP contribution in [0.5, 0.6) is 0 Å². The molecule has 4 heterocycles. The minimum absolute atomic E-state index is 0.244. The molecule has 1 fully saturated rings. The molecule has 1 amide bonds. The van der Waals surface area contributed by atoms with Gasteiger partial charge < -0.3 is 15.2 Å². The molecule has 0 bridgehead atoms. The number of anilines is 1. The Morgan fingerprint density at radius 2 is 2.17 bits per heavy atom. The highest BCUT2D eigenvalue weighted by molar-refractivity contribution is 6.07. The average Bonchev–Trinajstić information content (AvgIpc) is 3.14. The summed E-state index contributed by atoms with van der Waals surface area (Å²) >= 11 is 0. The number of carbonyl (C=O) groups excluding carboxylic acids is 1. The maximum absolute atomic E-state index is 12.3. The minimum atomic E-state index is -4.34. The van der Waals surface area contributed by atoms with Gasteiger partial charge in [0.1, 0.15) is 11.6 Å². The van der Waals surface area contributed by atoms with Crippen molar-refractivity contribution in [3.63, 3.8) is 0 Å². The maximum Gasteiger partial charge on any atom is 0.389 e. The molecule has 3 aromatic heterocycles. The largest absolute Gasteiger partial charge is 0.389 e. The molecule has 1 saturated heterocycles. The topological polar surface area (TPSA) is 99.7 Å². The highest BCUT2D eigenvalue weighted by atomic mass is 19.4. The molecule has 1 aliphatic rings. The number of aromatic nitrogens is 5. The fraction of sp³-hybridized carbons (Fsp3) is 0.500. The van der Waals surface area contributed by atoms with E-state index in [0.717, 1.165) is 17.2 Å². The summed E-state index contributed by atoms with van der Waals surface area (Å²) in [6.07, 6.45) is -2.76. The molecule has 8 nitrogen and oxygen atoms in total. The fourth-order valence-corrected chi connectivity index (χ4v) is 3.67. The molecule has 154 valence electrons. The standard InChI is InChI=1S/C18H20F3N7O/c1-10-23-16-14(12-5-7-22-15(12)26-27-16)17(24-10)28-8-2-3-11(9-28)25-13(29)4-6-18(19,20)21/h5,7,11H,2-4,6,8-9H2,1H3,(H,22,26)(H,25,29). The zero-order chi connectivity index (χ0) is 20.6. The monoisotopic (exact) mass is 407 g/mol. The Bertz CT molecular complexity index is 1050. The number of aryl methyl sites for hydroxylation is 1. The van der Waals surface area contributed by atoms with E-state index in [9.17, 15) is 18.0 Å². The molecule has 29 heavy (non-hydrogen) atoms. The Morgan fingerprint density at radius 3 is 2.97 bits per heavy atom. The Balaban J connectivity index is 1.58. The third-order valence-electron chi connectivity index (χ3n) is 4.94. The zero-order valence-corrected chi connectivity index (χ0v) is 15.8. The van der Waals surface area contributed by atoms with Crippen molar-refractivity contribution >= 4 is 33.8 Å². The molecule has 0 aliphatic carbocycles. The number of rotatable bonds is 4. The first-order chi connectivity index (χ1) is 13.8. The average molecular weight is 407 g/mol. The van der Waals surface area contributed by atoms with Gasteiger partial charge in [-0.2, -0.15) is 13.2 Å². The number of fused-ring (bicyclic) bond motifs is 3. The molecule has 0 radical (unpaired) electrons. The van der Waals surface area contributed by atoms with E-state index in [1.54, 1.807) is 13.1 Å². The molecule has 0 aromatic carbocycles. The van der Waals surface area contributed by atoms with Gasteiger partial charge in [-0.25, -0.2) is 9.97 Å². The SMILES string of the molecule is Cc1nc(N2CCCC(NC(=O)CCC(F)(F)F)C2)c2c(nnc3[nH]ccc32)n1. The Labute approximate surface area is 163 Å². The molecule has 0 saturated carbocycles. The van der Waals surface area contributed by atoms with Crippen LogP contribution in [0.2, 0.25) is 0 Å². The van der Waals surface area contributed by atoms with Gasteiger partial charge in [0, 0.05) is 37.1 Å². The number of amides is 1. The van der Waals surface area contributed by atoms with E-state index in [1.807, 2.05) is 11.0 Å². The fourth-order valence-electron chi connectivity index (χ4n) is 3.67. The molecule has 11 heteroatoms. The maximum atomic E-state index is 12.3. The lowest BCUT2D eigenvalue weighted by molar-refractivity contribution is -0.144. The van der Waals surface area contributed by atoms with Gasteiger partial charge in [0.15, 0.2) is 11.3 Å². The van der Waals surface area contributed by atoms with E-state index in [1.165, 1.54) is 0 Å². The number of alkyl halides is 3. The second kappa shape index (κ2) is 7.45. The van der Waals surface area contributed by atoms with E-state index in [-0.39, 0.29) is 6.04 Å². The Hall–Kier alpha value is -2.98. The minimum Gasteiger partial charge on any atom is -0.354 e. The van der Waals surface area contributed by atoms with Crippen molar-refractivity contribution in [3.8, 4) is 0 Å². The molecule has 2 N–H and O–H groups in total. The van der Waals surface area contributed by atoms with Crippen LogP contribution >= 0.6 is 0 Å². The number of H-pyrrole nitrogens is 1. The zero-order valence-electron chi connectivity index (χ0n) is 15.8. The van der Waals surface area contributed by atoms with Gasteiger partial charge >= 0.3 is 6.18 Å². The number of carbonyl (C=O) groups is 1. The third kappa shape index (κ3) is 4.22. The first-order valence-electron chi connectivity index (χ1n) is 9.39. The van der Waals surface area contributed by atoms with Crippen LogP contribution in [-0.2, 0) is 4.79 Å². The number of nitrogens with zero attached hydrogens (tertiary/aromatic N) is 5. The molecule has 0 spiro atoms. The van der Waals surface area contributed by atoms with Crippen LogP contribution in [0.15, 0.2) is 12.3 Å². The smallest absolute Gasteiger partial charge is 0.354 e. The summed E-state index contributed by atoms with van der Waals surface area (Å²) in [5.74, 6) is 0.658. The quantitative estimate of drug-likeness (QED) is 0.690. The van der Waals surface area contributed by atoms with Crippen molar-refractivity contribution in [2.24, 2.45) is 0 Å². The van der Waals surface area contributed by atoms with Gasteiger partial charge in [0.2, 0.25) is 5.91 Å². The number of aromatic amines is 1. The summed E-state index contributed by atoms with van der Waals surface area (Å²) in [5.41, 5.74) is 1.11. The second-order valence-corrected chi connectivity index (χ2v) is 7.20. The van der Waals surface area contributed by atoms with Crippen LogP contribution in [0.1, 0.15) is 31.5 Å². The predicted octanol–water partition coefficient (Wildman–Crippen LogP) is 2.64. The van der Waals surface area contributed by atoms with Crippen molar-refractivity contribution in [1.29, 1.82) is 0 Å². The lowest BCUT2D eigenvalue weighted by Gasteiger charge is -2.34. The number of nitrogens with one attached hydrogen (secondary N) is 2. The normalized spacial score (nSPS) is 17.8. The molecule has 1 atom stereocenters. The van der Waals surface area contributed by atoms with Crippen LogP contribution in [0, 0.1) is 6.92 Å². The molecular weight excluding hydrogens is 387 g/mol. The Kier molecular flexibility index (Phi) is 4.97.